The molecule has 1 aliphatic heterocycles. The SMILES string of the molecule is CC1CCN(c2ccc(C(=O)N[C@H](C(=O)O)C(C)C)cn2)CC1. The van der Waals surface area contributed by atoms with E-state index in [4.69, 9.17) is 5.11 Å². The molecule has 0 aliphatic carbocycles. The molecule has 1 aromatic rings. The largest absolute Gasteiger partial charge is 0.480 e. The Morgan fingerprint density at radius 2 is 1.96 bits per heavy atom. The first-order chi connectivity index (χ1) is 10.9. The van der Waals surface area contributed by atoms with Crippen LogP contribution in [0.5, 0.6) is 0 Å². The molecule has 23 heavy (non-hydrogen) atoms. The van der Waals surface area contributed by atoms with Gasteiger partial charge in [0.15, 0.2) is 0 Å². The summed E-state index contributed by atoms with van der Waals surface area (Å²) in [6.45, 7) is 7.74. The van der Waals surface area contributed by atoms with Crippen molar-refractivity contribution in [3.8, 4) is 0 Å². The monoisotopic (exact) mass is 319 g/mol. The Hall–Kier alpha value is -2.11. The number of rotatable bonds is 5. The van der Waals surface area contributed by atoms with Gasteiger partial charge >= 0.3 is 5.97 Å². The number of aliphatic carboxylic acids is 1. The Kier molecular flexibility index (Phi) is 5.58. The second-order valence-electron chi connectivity index (χ2n) is 6.61. The van der Waals surface area contributed by atoms with Crippen LogP contribution in [0.2, 0.25) is 0 Å². The molecule has 0 aromatic carbocycles. The van der Waals surface area contributed by atoms with Crippen molar-refractivity contribution >= 4 is 17.7 Å². The van der Waals surface area contributed by atoms with Crippen molar-refractivity contribution < 1.29 is 14.7 Å². The lowest BCUT2D eigenvalue weighted by molar-refractivity contribution is -0.140. The normalized spacial score (nSPS) is 17.1. The van der Waals surface area contributed by atoms with Gasteiger partial charge in [0.25, 0.3) is 5.91 Å². The van der Waals surface area contributed by atoms with E-state index in [9.17, 15) is 9.59 Å². The first-order valence-corrected chi connectivity index (χ1v) is 8.13. The molecule has 6 nitrogen and oxygen atoms in total. The van der Waals surface area contributed by atoms with E-state index in [1.165, 1.54) is 6.20 Å². The molecular weight excluding hydrogens is 294 g/mol. The highest BCUT2D eigenvalue weighted by atomic mass is 16.4. The minimum Gasteiger partial charge on any atom is -0.480 e. The highest BCUT2D eigenvalue weighted by molar-refractivity contribution is 5.96. The van der Waals surface area contributed by atoms with Gasteiger partial charge in [-0.3, -0.25) is 4.79 Å². The molecule has 1 atom stereocenters. The van der Waals surface area contributed by atoms with Gasteiger partial charge in [-0.2, -0.15) is 0 Å². The van der Waals surface area contributed by atoms with Crippen LogP contribution in [0, 0.1) is 11.8 Å². The number of piperidine rings is 1. The van der Waals surface area contributed by atoms with E-state index >= 15 is 0 Å². The summed E-state index contributed by atoms with van der Waals surface area (Å²) in [4.78, 5) is 29.9. The maximum absolute atomic E-state index is 12.2. The smallest absolute Gasteiger partial charge is 0.326 e. The third kappa shape index (κ3) is 4.43. The summed E-state index contributed by atoms with van der Waals surface area (Å²) in [6.07, 6.45) is 3.82. The molecule has 1 aromatic heterocycles. The molecule has 1 saturated heterocycles. The number of amides is 1. The van der Waals surface area contributed by atoms with E-state index < -0.39 is 17.9 Å². The molecule has 2 N–H and O–H groups in total. The van der Waals surface area contributed by atoms with Crippen molar-refractivity contribution in [2.45, 2.75) is 39.7 Å². The molecule has 0 spiro atoms. The van der Waals surface area contributed by atoms with E-state index in [2.05, 4.69) is 22.1 Å². The Morgan fingerprint density at radius 3 is 2.43 bits per heavy atom. The van der Waals surface area contributed by atoms with Crippen LogP contribution in [0.1, 0.15) is 44.0 Å². The predicted molar refractivity (Wildman–Crippen MR) is 88.6 cm³/mol. The van der Waals surface area contributed by atoms with Crippen LogP contribution in [-0.2, 0) is 4.79 Å². The highest BCUT2D eigenvalue weighted by Gasteiger charge is 2.24. The molecular formula is C17H25N3O3. The Morgan fingerprint density at radius 1 is 1.30 bits per heavy atom. The molecule has 0 saturated carbocycles. The molecule has 0 radical (unpaired) electrons. The second kappa shape index (κ2) is 7.44. The van der Waals surface area contributed by atoms with Crippen LogP contribution in [0.3, 0.4) is 0 Å². The molecule has 0 bridgehead atoms. The average Bonchev–Trinajstić information content (AvgIpc) is 2.52. The molecule has 1 amide bonds. The maximum atomic E-state index is 12.2. The van der Waals surface area contributed by atoms with Gasteiger partial charge in [-0.15, -0.1) is 0 Å². The molecule has 1 fully saturated rings. The number of carbonyl (C=O) groups excluding carboxylic acids is 1. The molecule has 2 heterocycles. The Bertz CT molecular complexity index is 549. The van der Waals surface area contributed by atoms with Crippen LogP contribution in [0.15, 0.2) is 18.3 Å². The van der Waals surface area contributed by atoms with Crippen LogP contribution in [0.25, 0.3) is 0 Å². The van der Waals surface area contributed by atoms with Crippen molar-refractivity contribution in [2.75, 3.05) is 18.0 Å². The summed E-state index contributed by atoms with van der Waals surface area (Å²) >= 11 is 0. The molecule has 1 aliphatic rings. The van der Waals surface area contributed by atoms with Gasteiger partial charge in [0.05, 0.1) is 5.56 Å². The van der Waals surface area contributed by atoms with Crippen molar-refractivity contribution in [3.05, 3.63) is 23.9 Å². The number of nitrogens with one attached hydrogen (secondary N) is 1. The van der Waals surface area contributed by atoms with Crippen molar-refractivity contribution in [3.63, 3.8) is 0 Å². The first-order valence-electron chi connectivity index (χ1n) is 8.13. The minimum absolute atomic E-state index is 0.181. The van der Waals surface area contributed by atoms with Crippen molar-refractivity contribution in [1.29, 1.82) is 0 Å². The zero-order chi connectivity index (χ0) is 17.0. The standard InChI is InChI=1S/C17H25N3O3/c1-11(2)15(17(22)23)19-16(21)13-4-5-14(18-10-13)20-8-6-12(3)7-9-20/h4-5,10-12,15H,6-9H2,1-3H3,(H,19,21)(H,22,23)/t15-/m0/s1. The lowest BCUT2D eigenvalue weighted by Crippen LogP contribution is -2.44. The van der Waals surface area contributed by atoms with Gasteiger partial charge in [0.1, 0.15) is 11.9 Å². The van der Waals surface area contributed by atoms with Gasteiger partial charge in [0, 0.05) is 19.3 Å². The van der Waals surface area contributed by atoms with Gasteiger partial charge in [0.2, 0.25) is 0 Å². The summed E-state index contributed by atoms with van der Waals surface area (Å²) in [5, 5.41) is 11.7. The zero-order valence-electron chi connectivity index (χ0n) is 14.0. The highest BCUT2D eigenvalue weighted by Crippen LogP contribution is 2.21. The third-order valence-electron chi connectivity index (χ3n) is 4.34. The van der Waals surface area contributed by atoms with Gasteiger partial charge in [-0.25, -0.2) is 9.78 Å². The van der Waals surface area contributed by atoms with E-state index in [-0.39, 0.29) is 5.92 Å². The molecule has 0 unspecified atom stereocenters. The van der Waals surface area contributed by atoms with Crippen LogP contribution in [0.4, 0.5) is 5.82 Å². The van der Waals surface area contributed by atoms with Gasteiger partial charge < -0.3 is 15.3 Å². The second-order valence-corrected chi connectivity index (χ2v) is 6.61. The zero-order valence-corrected chi connectivity index (χ0v) is 14.0. The minimum atomic E-state index is -1.03. The summed E-state index contributed by atoms with van der Waals surface area (Å²) in [7, 11) is 0. The van der Waals surface area contributed by atoms with Gasteiger partial charge in [-0.05, 0) is 36.8 Å². The van der Waals surface area contributed by atoms with Crippen molar-refractivity contribution in [1.82, 2.24) is 10.3 Å². The number of carboxylic acid groups (broad SMARTS) is 1. The van der Waals surface area contributed by atoms with Crippen molar-refractivity contribution in [2.24, 2.45) is 11.8 Å². The van der Waals surface area contributed by atoms with E-state index in [0.29, 0.717) is 5.56 Å². The number of hydrogen-bond acceptors (Lipinski definition) is 4. The van der Waals surface area contributed by atoms with E-state index in [1.807, 2.05) is 6.07 Å². The number of carboxylic acids is 1. The van der Waals surface area contributed by atoms with Crippen LogP contribution >= 0.6 is 0 Å². The van der Waals surface area contributed by atoms with Crippen LogP contribution < -0.4 is 10.2 Å². The fraction of sp³-hybridized carbons (Fsp3) is 0.588. The lowest BCUT2D eigenvalue weighted by Gasteiger charge is -2.31. The third-order valence-corrected chi connectivity index (χ3v) is 4.34. The fourth-order valence-corrected chi connectivity index (χ4v) is 2.68. The lowest BCUT2D eigenvalue weighted by atomic mass is 9.99. The van der Waals surface area contributed by atoms with Gasteiger partial charge in [-0.1, -0.05) is 20.8 Å². The topological polar surface area (TPSA) is 82.5 Å². The number of anilines is 1. The molecule has 6 heteroatoms. The summed E-state index contributed by atoms with van der Waals surface area (Å²) in [6, 6.07) is 2.64. The predicted octanol–water partition coefficient (Wildman–Crippen LogP) is 2.16. The molecule has 126 valence electrons. The number of nitrogens with zero attached hydrogens (tertiary/aromatic N) is 2. The number of pyridine rings is 1. The summed E-state index contributed by atoms with van der Waals surface area (Å²) in [5.41, 5.74) is 0.381. The summed E-state index contributed by atoms with van der Waals surface area (Å²) in [5.74, 6) is 0.00388. The van der Waals surface area contributed by atoms with Crippen LogP contribution in [-0.4, -0.2) is 41.1 Å². The fourth-order valence-electron chi connectivity index (χ4n) is 2.68. The first kappa shape index (κ1) is 17.2. The van der Waals surface area contributed by atoms with E-state index in [1.54, 1.807) is 19.9 Å². The van der Waals surface area contributed by atoms with E-state index in [0.717, 1.165) is 37.7 Å². The quantitative estimate of drug-likeness (QED) is 0.869. The Balaban J connectivity index is 2.01. The average molecular weight is 319 g/mol. The number of carbonyl (C=O) groups is 2. The Labute approximate surface area is 136 Å². The maximum Gasteiger partial charge on any atom is 0.326 e. The molecule has 2 rings (SSSR count). The number of aromatic nitrogens is 1. The summed E-state index contributed by atoms with van der Waals surface area (Å²) < 4.78 is 0. The number of hydrogen-bond donors (Lipinski definition) is 2.